The summed E-state index contributed by atoms with van der Waals surface area (Å²) in [7, 11) is 0. The largest absolute Gasteiger partial charge is 0.345 e. The molecule has 70 valence electrons. The second kappa shape index (κ2) is 3.56. The zero-order valence-electron chi connectivity index (χ0n) is 8.16. The molecule has 1 N–H and O–H groups in total. The minimum atomic E-state index is -0.316. The van der Waals surface area contributed by atoms with E-state index in [9.17, 15) is 4.79 Å². The van der Waals surface area contributed by atoms with Crippen molar-refractivity contribution in [3.05, 3.63) is 24.3 Å². The lowest BCUT2D eigenvalue weighted by atomic mass is 9.91. The van der Waals surface area contributed by atoms with Gasteiger partial charge in [0.25, 0.3) is 0 Å². The predicted octanol–water partition coefficient (Wildman–Crippen LogP) is 2.04. The number of H-pyrrole nitrogens is 1. The molecule has 0 aliphatic carbocycles. The van der Waals surface area contributed by atoms with Crippen LogP contribution in [0.25, 0.3) is 6.08 Å². The van der Waals surface area contributed by atoms with Gasteiger partial charge < -0.3 is 4.98 Å². The van der Waals surface area contributed by atoms with Gasteiger partial charge in [-0.05, 0) is 12.2 Å². The molecule has 3 nitrogen and oxygen atoms in total. The van der Waals surface area contributed by atoms with Crippen LogP contribution in [-0.4, -0.2) is 15.8 Å². The highest BCUT2D eigenvalue weighted by Crippen LogP contribution is 2.15. The maximum atomic E-state index is 11.4. The van der Waals surface area contributed by atoms with Gasteiger partial charge in [0, 0.05) is 17.8 Å². The van der Waals surface area contributed by atoms with Gasteiger partial charge in [-0.25, -0.2) is 4.98 Å². The van der Waals surface area contributed by atoms with Gasteiger partial charge in [0.2, 0.25) is 0 Å². The minimum absolute atomic E-state index is 0.101. The summed E-state index contributed by atoms with van der Waals surface area (Å²) < 4.78 is 0. The highest BCUT2D eigenvalue weighted by atomic mass is 16.1. The van der Waals surface area contributed by atoms with E-state index in [0.29, 0.717) is 5.82 Å². The van der Waals surface area contributed by atoms with Crippen molar-refractivity contribution in [3.63, 3.8) is 0 Å². The van der Waals surface area contributed by atoms with Gasteiger partial charge in [-0.2, -0.15) is 0 Å². The van der Waals surface area contributed by atoms with Gasteiger partial charge in [0.15, 0.2) is 5.78 Å². The van der Waals surface area contributed by atoms with Crippen molar-refractivity contribution in [2.45, 2.75) is 20.8 Å². The zero-order chi connectivity index (χ0) is 9.90. The molecular formula is C10H14N2O. The van der Waals surface area contributed by atoms with Crippen molar-refractivity contribution in [1.29, 1.82) is 0 Å². The summed E-state index contributed by atoms with van der Waals surface area (Å²) in [5.74, 6) is 0.807. The van der Waals surface area contributed by atoms with E-state index in [2.05, 4.69) is 9.97 Å². The molecule has 0 saturated carbocycles. The Hall–Kier alpha value is -1.38. The monoisotopic (exact) mass is 178 g/mol. The number of imidazole rings is 1. The molecule has 0 unspecified atom stereocenters. The van der Waals surface area contributed by atoms with Gasteiger partial charge in [0.05, 0.1) is 0 Å². The fourth-order valence-corrected chi connectivity index (χ4v) is 0.773. The second-order valence-corrected chi connectivity index (χ2v) is 3.92. The van der Waals surface area contributed by atoms with Crippen LogP contribution < -0.4 is 0 Å². The maximum absolute atomic E-state index is 11.4. The Kier molecular flexibility index (Phi) is 2.66. The minimum Gasteiger partial charge on any atom is -0.345 e. The van der Waals surface area contributed by atoms with Crippen LogP contribution in [0, 0.1) is 5.41 Å². The van der Waals surface area contributed by atoms with Crippen LogP contribution in [0.1, 0.15) is 26.6 Å². The summed E-state index contributed by atoms with van der Waals surface area (Å²) in [5.41, 5.74) is -0.316. The smallest absolute Gasteiger partial charge is 0.161 e. The number of nitrogens with zero attached hydrogens (tertiary/aromatic N) is 1. The molecule has 0 bridgehead atoms. The molecule has 0 spiro atoms. The van der Waals surface area contributed by atoms with Crippen molar-refractivity contribution in [2.24, 2.45) is 5.41 Å². The van der Waals surface area contributed by atoms with E-state index < -0.39 is 0 Å². The summed E-state index contributed by atoms with van der Waals surface area (Å²) >= 11 is 0. The third-order valence-electron chi connectivity index (χ3n) is 1.65. The summed E-state index contributed by atoms with van der Waals surface area (Å²) in [4.78, 5) is 18.3. The quantitative estimate of drug-likeness (QED) is 0.704. The molecule has 1 aromatic heterocycles. The molecule has 3 heteroatoms. The first kappa shape index (κ1) is 9.71. The highest BCUT2D eigenvalue weighted by Gasteiger charge is 2.17. The number of allylic oxidation sites excluding steroid dienone is 1. The second-order valence-electron chi connectivity index (χ2n) is 3.92. The molecule has 0 aliphatic rings. The Morgan fingerprint density at radius 3 is 2.69 bits per heavy atom. The first-order chi connectivity index (χ1) is 6.00. The van der Waals surface area contributed by atoms with Gasteiger partial charge in [-0.3, -0.25) is 4.79 Å². The molecule has 1 aromatic rings. The standard InChI is InChI=1S/C10H14N2O/c1-10(2,3)8(13)4-5-9-11-6-7-12-9/h4-7H,1-3H3,(H,11,12)/b5-4+. The number of aromatic amines is 1. The van der Waals surface area contributed by atoms with E-state index in [-0.39, 0.29) is 11.2 Å². The number of hydrogen-bond acceptors (Lipinski definition) is 2. The number of ketones is 1. The van der Waals surface area contributed by atoms with Crippen molar-refractivity contribution < 1.29 is 4.79 Å². The first-order valence-corrected chi connectivity index (χ1v) is 4.22. The number of carbonyl (C=O) groups is 1. The van der Waals surface area contributed by atoms with Gasteiger partial charge >= 0.3 is 0 Å². The molecule has 0 aromatic carbocycles. The average molecular weight is 178 g/mol. The molecule has 1 rings (SSSR count). The zero-order valence-corrected chi connectivity index (χ0v) is 8.16. The number of hydrogen-bond donors (Lipinski definition) is 1. The Labute approximate surface area is 77.9 Å². The lowest BCUT2D eigenvalue weighted by Gasteiger charge is -2.12. The van der Waals surface area contributed by atoms with Crippen LogP contribution >= 0.6 is 0 Å². The normalized spacial score (nSPS) is 12.2. The average Bonchev–Trinajstić information content (AvgIpc) is 2.50. The van der Waals surface area contributed by atoms with E-state index >= 15 is 0 Å². The lowest BCUT2D eigenvalue weighted by Crippen LogP contribution is -2.17. The molecule has 0 atom stereocenters. The van der Waals surface area contributed by atoms with Crippen LogP contribution in [-0.2, 0) is 4.79 Å². The summed E-state index contributed by atoms with van der Waals surface area (Å²) in [6, 6.07) is 0. The Bertz CT molecular complexity index is 304. The topological polar surface area (TPSA) is 45.8 Å². The first-order valence-electron chi connectivity index (χ1n) is 4.22. The van der Waals surface area contributed by atoms with Gasteiger partial charge in [-0.15, -0.1) is 0 Å². The van der Waals surface area contributed by atoms with E-state index in [1.165, 1.54) is 0 Å². The molecule has 0 aliphatic heterocycles. The summed E-state index contributed by atoms with van der Waals surface area (Å²) in [6.07, 6.45) is 6.62. The van der Waals surface area contributed by atoms with Crippen LogP contribution in [0.5, 0.6) is 0 Å². The summed E-state index contributed by atoms with van der Waals surface area (Å²) in [6.45, 7) is 5.67. The molecule has 0 amide bonds. The molecule has 0 saturated heterocycles. The van der Waals surface area contributed by atoms with Crippen molar-refractivity contribution in [3.8, 4) is 0 Å². The number of carbonyl (C=O) groups excluding carboxylic acids is 1. The van der Waals surface area contributed by atoms with E-state index in [1.807, 2.05) is 20.8 Å². The Morgan fingerprint density at radius 2 is 2.23 bits per heavy atom. The number of nitrogens with one attached hydrogen (secondary N) is 1. The van der Waals surface area contributed by atoms with Crippen LogP contribution in [0.3, 0.4) is 0 Å². The van der Waals surface area contributed by atoms with Gasteiger partial charge in [-0.1, -0.05) is 20.8 Å². The van der Waals surface area contributed by atoms with Crippen molar-refractivity contribution in [1.82, 2.24) is 9.97 Å². The fourth-order valence-electron chi connectivity index (χ4n) is 0.773. The van der Waals surface area contributed by atoms with E-state index in [1.54, 1.807) is 24.5 Å². The van der Waals surface area contributed by atoms with Crippen molar-refractivity contribution >= 4 is 11.9 Å². The highest BCUT2D eigenvalue weighted by molar-refractivity contribution is 5.96. The molecule has 0 radical (unpaired) electrons. The van der Waals surface area contributed by atoms with Crippen LogP contribution in [0.15, 0.2) is 18.5 Å². The third-order valence-corrected chi connectivity index (χ3v) is 1.65. The lowest BCUT2D eigenvalue weighted by molar-refractivity contribution is -0.121. The number of rotatable bonds is 2. The molecular weight excluding hydrogens is 164 g/mol. The Morgan fingerprint density at radius 1 is 1.54 bits per heavy atom. The number of aromatic nitrogens is 2. The Balaban J connectivity index is 2.65. The van der Waals surface area contributed by atoms with Crippen LogP contribution in [0.4, 0.5) is 0 Å². The van der Waals surface area contributed by atoms with E-state index in [0.717, 1.165) is 0 Å². The van der Waals surface area contributed by atoms with E-state index in [4.69, 9.17) is 0 Å². The SMILES string of the molecule is CC(C)(C)C(=O)/C=C/c1ncc[nH]1. The van der Waals surface area contributed by atoms with Crippen molar-refractivity contribution in [2.75, 3.05) is 0 Å². The molecule has 1 heterocycles. The summed E-state index contributed by atoms with van der Waals surface area (Å²) in [5, 5.41) is 0. The van der Waals surface area contributed by atoms with Crippen LogP contribution in [0.2, 0.25) is 0 Å². The fraction of sp³-hybridized carbons (Fsp3) is 0.400. The third kappa shape index (κ3) is 2.86. The van der Waals surface area contributed by atoms with Gasteiger partial charge in [0.1, 0.15) is 5.82 Å². The molecule has 13 heavy (non-hydrogen) atoms. The maximum Gasteiger partial charge on any atom is 0.161 e. The molecule has 0 fully saturated rings. The predicted molar refractivity (Wildman–Crippen MR) is 52.1 cm³/mol.